The van der Waals surface area contributed by atoms with Gasteiger partial charge in [0.1, 0.15) is 16.5 Å². The van der Waals surface area contributed by atoms with Crippen molar-refractivity contribution in [1.29, 1.82) is 0 Å². The predicted molar refractivity (Wildman–Crippen MR) is 124 cm³/mol. The van der Waals surface area contributed by atoms with Gasteiger partial charge in [0.05, 0.1) is 31.5 Å². The number of guanidine groups is 1. The van der Waals surface area contributed by atoms with E-state index in [0.29, 0.717) is 13.1 Å². The summed E-state index contributed by atoms with van der Waals surface area (Å²) in [7, 11) is 1.79. The molecule has 1 aliphatic heterocycles. The van der Waals surface area contributed by atoms with E-state index < -0.39 is 0 Å². The molecule has 9 heteroatoms. The summed E-state index contributed by atoms with van der Waals surface area (Å²) < 4.78 is 11.4. The van der Waals surface area contributed by atoms with Crippen LogP contribution in [0.1, 0.15) is 33.1 Å². The van der Waals surface area contributed by atoms with Gasteiger partial charge in [-0.3, -0.25) is 9.89 Å². The van der Waals surface area contributed by atoms with Crippen LogP contribution in [0.3, 0.4) is 0 Å². The predicted octanol–water partition coefficient (Wildman–Crippen LogP) is 3.02. The molecule has 28 heavy (non-hydrogen) atoms. The van der Waals surface area contributed by atoms with Crippen molar-refractivity contribution in [2.45, 2.75) is 33.4 Å². The Kier molecular flexibility index (Phi) is 9.19. The van der Waals surface area contributed by atoms with E-state index in [4.69, 9.17) is 9.15 Å². The monoisotopic (exact) mass is 519 g/mol. The quantitative estimate of drug-likeness (QED) is 0.347. The number of thiazole rings is 1. The van der Waals surface area contributed by atoms with Crippen molar-refractivity contribution in [3.05, 3.63) is 39.2 Å². The van der Waals surface area contributed by atoms with E-state index in [1.54, 1.807) is 18.4 Å². The highest BCUT2D eigenvalue weighted by Crippen LogP contribution is 2.23. The first-order chi connectivity index (χ1) is 13.1. The van der Waals surface area contributed by atoms with E-state index in [-0.39, 0.29) is 30.0 Å². The van der Waals surface area contributed by atoms with Crippen LogP contribution in [0.4, 0.5) is 0 Å². The normalized spacial score (nSPS) is 16.5. The number of nitrogens with one attached hydrogen (secondary N) is 2. The van der Waals surface area contributed by atoms with Crippen LogP contribution in [0.15, 0.2) is 21.5 Å². The lowest BCUT2D eigenvalue weighted by atomic mass is 10.1. The van der Waals surface area contributed by atoms with E-state index >= 15 is 0 Å². The number of aromatic nitrogens is 1. The SMILES string of the molecule is CN=C(NCc1nc(C)c(C)s1)NCC(c1ccc(C)o1)N1CCOCC1.I. The molecule has 0 aliphatic carbocycles. The molecule has 7 nitrogen and oxygen atoms in total. The van der Waals surface area contributed by atoms with Crippen molar-refractivity contribution < 1.29 is 9.15 Å². The molecule has 1 unspecified atom stereocenters. The lowest BCUT2D eigenvalue weighted by Crippen LogP contribution is -2.46. The van der Waals surface area contributed by atoms with Crippen LogP contribution in [0.5, 0.6) is 0 Å². The van der Waals surface area contributed by atoms with Gasteiger partial charge in [-0.25, -0.2) is 4.98 Å². The van der Waals surface area contributed by atoms with E-state index in [1.165, 1.54) is 4.88 Å². The molecule has 1 atom stereocenters. The summed E-state index contributed by atoms with van der Waals surface area (Å²) in [6.07, 6.45) is 0. The van der Waals surface area contributed by atoms with Gasteiger partial charge in [0.15, 0.2) is 5.96 Å². The molecule has 3 heterocycles. The molecular weight excluding hydrogens is 489 g/mol. The van der Waals surface area contributed by atoms with Crippen LogP contribution >= 0.6 is 35.3 Å². The van der Waals surface area contributed by atoms with Gasteiger partial charge in [-0.2, -0.15) is 0 Å². The number of furan rings is 1. The van der Waals surface area contributed by atoms with Crippen LogP contribution in [0, 0.1) is 20.8 Å². The molecule has 0 bridgehead atoms. The highest BCUT2D eigenvalue weighted by atomic mass is 127. The zero-order valence-corrected chi connectivity index (χ0v) is 20.1. The van der Waals surface area contributed by atoms with Gasteiger partial charge < -0.3 is 19.8 Å². The van der Waals surface area contributed by atoms with Crippen LogP contribution in [0.25, 0.3) is 0 Å². The molecule has 2 aromatic heterocycles. The number of morpholine rings is 1. The Morgan fingerprint density at radius 1 is 1.25 bits per heavy atom. The van der Waals surface area contributed by atoms with Crippen molar-refractivity contribution in [3.63, 3.8) is 0 Å². The second kappa shape index (κ2) is 11.1. The Bertz CT molecular complexity index is 751. The average molecular weight is 519 g/mol. The molecule has 0 radical (unpaired) electrons. The zero-order valence-electron chi connectivity index (χ0n) is 16.9. The number of halogens is 1. The largest absolute Gasteiger partial charge is 0.465 e. The Morgan fingerprint density at radius 3 is 2.57 bits per heavy atom. The Labute approximate surface area is 188 Å². The van der Waals surface area contributed by atoms with E-state index in [9.17, 15) is 0 Å². The summed E-state index contributed by atoms with van der Waals surface area (Å²) >= 11 is 1.72. The molecule has 1 aliphatic rings. The second-order valence-electron chi connectivity index (χ2n) is 6.67. The van der Waals surface area contributed by atoms with Crippen LogP contribution in [0.2, 0.25) is 0 Å². The number of rotatable bonds is 6. The maximum absolute atomic E-state index is 5.92. The fraction of sp³-hybridized carbons (Fsp3) is 0.579. The molecule has 0 aromatic carbocycles. The van der Waals surface area contributed by atoms with Crippen LogP contribution < -0.4 is 10.6 Å². The van der Waals surface area contributed by atoms with Gasteiger partial charge in [-0.15, -0.1) is 35.3 Å². The number of aliphatic imine (C=N–C) groups is 1. The summed E-state index contributed by atoms with van der Waals surface area (Å²) in [4.78, 5) is 12.6. The molecule has 2 aromatic rings. The standard InChI is InChI=1S/C19H29N5O2S.HI/c1-13-5-6-17(26-13)16(24-7-9-25-10-8-24)11-21-19(20-4)22-12-18-23-14(2)15(3)27-18;/h5-6,16H,7-12H2,1-4H3,(H2,20,21,22);1H. The minimum atomic E-state index is 0. The summed E-state index contributed by atoms with van der Waals surface area (Å²) in [5.74, 6) is 2.67. The molecular formula is C19H30IN5O2S. The van der Waals surface area contributed by atoms with E-state index in [0.717, 1.165) is 54.5 Å². The lowest BCUT2D eigenvalue weighted by Gasteiger charge is -2.33. The van der Waals surface area contributed by atoms with Crippen LogP contribution in [-0.2, 0) is 11.3 Å². The van der Waals surface area contributed by atoms with Gasteiger partial charge >= 0.3 is 0 Å². The van der Waals surface area contributed by atoms with E-state index in [1.807, 2.05) is 19.9 Å². The first kappa shape index (κ1) is 23.1. The van der Waals surface area contributed by atoms with Crippen molar-refractivity contribution in [2.24, 2.45) is 4.99 Å². The number of nitrogens with zero attached hydrogens (tertiary/aromatic N) is 3. The molecule has 156 valence electrons. The first-order valence-electron chi connectivity index (χ1n) is 9.32. The summed E-state index contributed by atoms with van der Waals surface area (Å²) in [5.41, 5.74) is 1.10. The summed E-state index contributed by atoms with van der Waals surface area (Å²) in [6.45, 7) is 10.8. The molecule has 0 amide bonds. The molecule has 3 rings (SSSR count). The average Bonchev–Trinajstić information content (AvgIpc) is 3.24. The highest BCUT2D eigenvalue weighted by Gasteiger charge is 2.25. The highest BCUT2D eigenvalue weighted by molar-refractivity contribution is 14.0. The Hall–Kier alpha value is -1.17. The van der Waals surface area contributed by atoms with Gasteiger partial charge in [0, 0.05) is 31.6 Å². The molecule has 0 saturated carbocycles. The first-order valence-corrected chi connectivity index (χ1v) is 10.1. The summed E-state index contributed by atoms with van der Waals surface area (Å²) in [6, 6.07) is 4.22. The smallest absolute Gasteiger partial charge is 0.191 e. The number of hydrogen-bond acceptors (Lipinski definition) is 6. The lowest BCUT2D eigenvalue weighted by molar-refractivity contribution is 0.0124. The number of hydrogen-bond donors (Lipinski definition) is 2. The fourth-order valence-corrected chi connectivity index (χ4v) is 3.99. The van der Waals surface area contributed by atoms with E-state index in [2.05, 4.69) is 38.5 Å². The van der Waals surface area contributed by atoms with Gasteiger partial charge in [0.2, 0.25) is 0 Å². The molecule has 1 fully saturated rings. The van der Waals surface area contributed by atoms with Gasteiger partial charge in [-0.05, 0) is 32.9 Å². The van der Waals surface area contributed by atoms with Gasteiger partial charge in [0.25, 0.3) is 0 Å². The van der Waals surface area contributed by atoms with Gasteiger partial charge in [-0.1, -0.05) is 0 Å². The van der Waals surface area contributed by atoms with Crippen molar-refractivity contribution in [3.8, 4) is 0 Å². The topological polar surface area (TPSA) is 74.9 Å². The minimum Gasteiger partial charge on any atom is -0.465 e. The van der Waals surface area contributed by atoms with Crippen LogP contribution in [-0.4, -0.2) is 55.7 Å². The van der Waals surface area contributed by atoms with Crippen molar-refractivity contribution in [2.75, 3.05) is 39.9 Å². The van der Waals surface area contributed by atoms with Crippen molar-refractivity contribution >= 4 is 41.3 Å². The number of aryl methyl sites for hydroxylation is 3. The second-order valence-corrected chi connectivity index (χ2v) is 7.96. The van der Waals surface area contributed by atoms with Crippen molar-refractivity contribution in [1.82, 2.24) is 20.5 Å². The maximum atomic E-state index is 5.92. The third-order valence-corrected chi connectivity index (χ3v) is 5.82. The molecule has 0 spiro atoms. The third kappa shape index (κ3) is 6.16. The fourth-order valence-electron chi connectivity index (χ4n) is 3.12. The summed E-state index contributed by atoms with van der Waals surface area (Å²) in [5, 5.41) is 7.86. The minimum absolute atomic E-state index is 0. The third-order valence-electron chi connectivity index (χ3n) is 4.74. The Morgan fingerprint density at radius 2 is 2.00 bits per heavy atom. The molecule has 2 N–H and O–H groups in total. The molecule has 1 saturated heterocycles. The Balaban J connectivity index is 0.00000280. The maximum Gasteiger partial charge on any atom is 0.191 e. The zero-order chi connectivity index (χ0) is 19.2. The number of ether oxygens (including phenoxy) is 1.